The van der Waals surface area contributed by atoms with Crippen molar-refractivity contribution >= 4 is 0 Å². The Balaban J connectivity index is 1.46. The Kier molecular flexibility index (Phi) is 3.71. The van der Waals surface area contributed by atoms with Gasteiger partial charge in [-0.15, -0.1) is 0 Å². The number of nitroso groups, excluding NO2 is 1. The fourth-order valence-corrected chi connectivity index (χ4v) is 7.71. The van der Waals surface area contributed by atoms with Crippen molar-refractivity contribution in [3.05, 3.63) is 35.3 Å². The SMILES string of the molecule is CC12CCC(N=O)C=C1CCC1C2CCC2(C)C1CCC2n1ccnc1. The minimum Gasteiger partial charge on any atom is -0.334 e. The third-order valence-electron chi connectivity index (χ3n) is 9.06. The predicted molar refractivity (Wildman–Crippen MR) is 103 cm³/mol. The molecule has 7 unspecified atom stereocenters. The van der Waals surface area contributed by atoms with E-state index in [0.29, 0.717) is 16.9 Å². The van der Waals surface area contributed by atoms with Crippen molar-refractivity contribution in [1.82, 2.24) is 9.55 Å². The highest BCUT2D eigenvalue weighted by molar-refractivity contribution is 5.26. The molecule has 0 N–H and O–H groups in total. The third-order valence-corrected chi connectivity index (χ3v) is 9.06. The summed E-state index contributed by atoms with van der Waals surface area (Å²) < 4.78 is 2.39. The molecule has 0 radical (unpaired) electrons. The van der Waals surface area contributed by atoms with Crippen molar-refractivity contribution in [2.45, 2.75) is 77.3 Å². The zero-order valence-electron chi connectivity index (χ0n) is 16.1. The maximum absolute atomic E-state index is 11.1. The van der Waals surface area contributed by atoms with Gasteiger partial charge in [0.25, 0.3) is 0 Å². The summed E-state index contributed by atoms with van der Waals surface area (Å²) in [6.45, 7) is 5.06. The Hall–Kier alpha value is -1.45. The Morgan fingerprint density at radius 2 is 2.00 bits per heavy atom. The van der Waals surface area contributed by atoms with Crippen molar-refractivity contribution in [1.29, 1.82) is 0 Å². The molecule has 4 heteroatoms. The van der Waals surface area contributed by atoms with Gasteiger partial charge in [0.05, 0.1) is 6.33 Å². The lowest BCUT2D eigenvalue weighted by Crippen LogP contribution is -2.50. The maximum Gasteiger partial charge on any atom is 0.110 e. The molecule has 140 valence electrons. The first-order valence-corrected chi connectivity index (χ1v) is 10.6. The Morgan fingerprint density at radius 1 is 1.12 bits per heavy atom. The van der Waals surface area contributed by atoms with Gasteiger partial charge in [0.15, 0.2) is 0 Å². The number of fused-ring (bicyclic) bond motifs is 5. The van der Waals surface area contributed by atoms with E-state index in [9.17, 15) is 4.91 Å². The van der Waals surface area contributed by atoms with Crippen LogP contribution in [0.2, 0.25) is 0 Å². The Morgan fingerprint density at radius 3 is 2.77 bits per heavy atom. The summed E-state index contributed by atoms with van der Waals surface area (Å²) in [6, 6.07) is 0.552. The van der Waals surface area contributed by atoms with Gasteiger partial charge in [-0.05, 0) is 80.0 Å². The lowest BCUT2D eigenvalue weighted by Gasteiger charge is -2.58. The molecule has 0 spiro atoms. The molecular formula is C22H31N3O. The molecule has 4 aliphatic rings. The van der Waals surface area contributed by atoms with Gasteiger partial charge < -0.3 is 4.57 Å². The normalized spacial score (nSPS) is 47.5. The number of hydrogen-bond donors (Lipinski definition) is 0. The number of nitrogens with zero attached hydrogens (tertiary/aromatic N) is 3. The molecule has 0 aromatic carbocycles. The van der Waals surface area contributed by atoms with Gasteiger partial charge in [-0.25, -0.2) is 4.98 Å². The Labute approximate surface area is 156 Å². The fraction of sp³-hybridized carbons (Fsp3) is 0.773. The van der Waals surface area contributed by atoms with Crippen molar-refractivity contribution in [2.75, 3.05) is 0 Å². The molecule has 26 heavy (non-hydrogen) atoms. The number of hydrogen-bond acceptors (Lipinski definition) is 3. The zero-order valence-corrected chi connectivity index (χ0v) is 16.1. The van der Waals surface area contributed by atoms with E-state index in [0.717, 1.165) is 30.6 Å². The van der Waals surface area contributed by atoms with Crippen molar-refractivity contribution < 1.29 is 0 Å². The number of aromatic nitrogens is 2. The second-order valence-corrected chi connectivity index (χ2v) is 9.88. The van der Waals surface area contributed by atoms with Gasteiger partial charge in [0.1, 0.15) is 6.04 Å². The van der Waals surface area contributed by atoms with Crippen molar-refractivity contribution in [3.63, 3.8) is 0 Å². The lowest BCUT2D eigenvalue weighted by atomic mass is 9.47. The summed E-state index contributed by atoms with van der Waals surface area (Å²) >= 11 is 0. The van der Waals surface area contributed by atoms with E-state index < -0.39 is 0 Å². The van der Waals surface area contributed by atoms with Crippen LogP contribution in [-0.2, 0) is 0 Å². The van der Waals surface area contributed by atoms with E-state index in [2.05, 4.69) is 40.8 Å². The average molecular weight is 354 g/mol. The summed E-state index contributed by atoms with van der Waals surface area (Å²) in [5.41, 5.74) is 2.29. The highest BCUT2D eigenvalue weighted by atomic mass is 16.3. The monoisotopic (exact) mass is 353 g/mol. The van der Waals surface area contributed by atoms with Crippen molar-refractivity contribution in [3.8, 4) is 0 Å². The van der Waals surface area contributed by atoms with E-state index in [-0.39, 0.29) is 6.04 Å². The molecular weight excluding hydrogens is 322 g/mol. The number of rotatable bonds is 2. The van der Waals surface area contributed by atoms with Gasteiger partial charge in [-0.3, -0.25) is 0 Å². The molecule has 4 aliphatic carbocycles. The van der Waals surface area contributed by atoms with Gasteiger partial charge in [-0.2, -0.15) is 4.91 Å². The zero-order chi connectivity index (χ0) is 17.9. The molecule has 0 aliphatic heterocycles. The third kappa shape index (κ3) is 2.16. The molecule has 4 nitrogen and oxygen atoms in total. The summed E-state index contributed by atoms with van der Waals surface area (Å²) in [5.74, 6) is 2.49. The quantitative estimate of drug-likeness (QED) is 0.519. The summed E-state index contributed by atoms with van der Waals surface area (Å²) in [4.78, 5) is 15.4. The second kappa shape index (κ2) is 5.77. The van der Waals surface area contributed by atoms with Crippen LogP contribution in [-0.4, -0.2) is 15.6 Å². The van der Waals surface area contributed by atoms with Gasteiger partial charge >= 0.3 is 0 Å². The van der Waals surface area contributed by atoms with E-state index in [1.165, 1.54) is 38.5 Å². The first-order valence-electron chi connectivity index (χ1n) is 10.6. The van der Waals surface area contributed by atoms with Crippen LogP contribution >= 0.6 is 0 Å². The first-order chi connectivity index (χ1) is 12.6. The molecule has 3 saturated carbocycles. The van der Waals surface area contributed by atoms with Crippen LogP contribution in [0.15, 0.2) is 35.5 Å². The molecule has 7 atom stereocenters. The topological polar surface area (TPSA) is 47.2 Å². The van der Waals surface area contributed by atoms with Crippen LogP contribution in [0.3, 0.4) is 0 Å². The molecule has 1 heterocycles. The van der Waals surface area contributed by atoms with E-state index >= 15 is 0 Å². The van der Waals surface area contributed by atoms with E-state index in [1.807, 2.05) is 12.5 Å². The van der Waals surface area contributed by atoms with Crippen LogP contribution in [0, 0.1) is 33.5 Å². The second-order valence-electron chi connectivity index (χ2n) is 9.88. The average Bonchev–Trinajstić information content (AvgIpc) is 3.27. The summed E-state index contributed by atoms with van der Waals surface area (Å²) in [5, 5.41) is 3.34. The first kappa shape index (κ1) is 16.7. The number of allylic oxidation sites excluding steroid dienone is 1. The molecule has 5 rings (SSSR count). The number of imidazole rings is 1. The maximum atomic E-state index is 11.1. The van der Waals surface area contributed by atoms with Crippen LogP contribution < -0.4 is 0 Å². The molecule has 0 saturated heterocycles. The molecule has 1 aromatic rings. The van der Waals surface area contributed by atoms with Gasteiger partial charge in [-0.1, -0.05) is 30.7 Å². The largest absolute Gasteiger partial charge is 0.334 e. The molecule has 0 bridgehead atoms. The highest BCUT2D eigenvalue weighted by Gasteiger charge is 2.59. The standard InChI is InChI=1S/C22H31N3O/c1-21-9-7-16(24-26)13-15(21)3-4-17-18-5-6-20(25-12-11-23-14-25)22(18,2)10-8-19(17)21/h11-14,16-20H,3-10H2,1-2H3. The van der Waals surface area contributed by atoms with Gasteiger partial charge in [0, 0.05) is 18.4 Å². The molecule has 0 amide bonds. The fourth-order valence-electron chi connectivity index (χ4n) is 7.71. The molecule has 1 aromatic heterocycles. The summed E-state index contributed by atoms with van der Waals surface area (Å²) in [7, 11) is 0. The van der Waals surface area contributed by atoms with Gasteiger partial charge in [0.2, 0.25) is 0 Å². The highest BCUT2D eigenvalue weighted by Crippen LogP contribution is 2.67. The van der Waals surface area contributed by atoms with Crippen LogP contribution in [0.1, 0.15) is 71.3 Å². The molecule has 3 fully saturated rings. The van der Waals surface area contributed by atoms with E-state index in [4.69, 9.17) is 0 Å². The summed E-state index contributed by atoms with van der Waals surface area (Å²) in [6.07, 6.45) is 18.3. The minimum atomic E-state index is -0.0689. The smallest absolute Gasteiger partial charge is 0.110 e. The van der Waals surface area contributed by atoms with Crippen LogP contribution in [0.25, 0.3) is 0 Å². The Bertz CT molecular complexity index is 726. The van der Waals surface area contributed by atoms with E-state index in [1.54, 1.807) is 5.57 Å². The van der Waals surface area contributed by atoms with Crippen LogP contribution in [0.4, 0.5) is 0 Å². The van der Waals surface area contributed by atoms with Crippen LogP contribution in [0.5, 0.6) is 0 Å². The predicted octanol–water partition coefficient (Wildman–Crippen LogP) is 5.52. The lowest BCUT2D eigenvalue weighted by molar-refractivity contribution is -0.0492. The van der Waals surface area contributed by atoms with Crippen molar-refractivity contribution in [2.24, 2.45) is 33.8 Å². The minimum absolute atomic E-state index is 0.0689.